The molecule has 0 saturated heterocycles. The van der Waals surface area contributed by atoms with Crippen molar-refractivity contribution >= 4 is 41.6 Å². The molecule has 0 radical (unpaired) electrons. The van der Waals surface area contributed by atoms with E-state index in [0.717, 1.165) is 7.11 Å². The van der Waals surface area contributed by atoms with E-state index < -0.39 is 105 Å². The van der Waals surface area contributed by atoms with Crippen LogP contribution < -0.4 is 19.7 Å². The molecule has 0 fully saturated rings. The first-order valence-electron chi connectivity index (χ1n) is 20.7. The lowest BCUT2D eigenvalue weighted by atomic mass is 10.1. The Kier molecular flexibility index (Phi) is 18.3. The number of aromatic nitrogens is 2. The number of aromatic carboxylic acids is 1. The maximum absolute atomic E-state index is 14.3. The number of pyridine rings is 2. The average molecular weight is 991 g/mol. The van der Waals surface area contributed by atoms with Gasteiger partial charge < -0.3 is 33.5 Å². The average Bonchev–Trinajstić information content (AvgIpc) is 3.20. The van der Waals surface area contributed by atoms with Crippen LogP contribution in [0.3, 0.4) is 0 Å². The number of esters is 1. The number of carbonyl (C=O) groups is 5. The number of alkyl halides is 6. The molecule has 0 atom stereocenters. The molecule has 4 aromatic rings. The van der Waals surface area contributed by atoms with Gasteiger partial charge in [-0.05, 0) is 111 Å². The minimum Gasteiger partial charge on any atom is -0.476 e. The van der Waals surface area contributed by atoms with Gasteiger partial charge in [0.05, 0.1) is 18.5 Å². The second-order valence-corrected chi connectivity index (χ2v) is 17.6. The molecule has 2 heterocycles. The smallest absolute Gasteiger partial charge is 0.424 e. The van der Waals surface area contributed by atoms with E-state index in [2.05, 4.69) is 23.1 Å². The first-order valence-corrected chi connectivity index (χ1v) is 20.7. The van der Waals surface area contributed by atoms with E-state index in [1.165, 1.54) is 71.9 Å². The summed E-state index contributed by atoms with van der Waals surface area (Å²) in [4.78, 5) is 70.0. The zero-order chi connectivity index (χ0) is 53.2. The Labute approximate surface area is 399 Å². The fraction of sp³-hybridized carbons (Fsp3) is 0.354. The maximum Gasteiger partial charge on any atom is 0.424 e. The Morgan fingerprint density at radius 2 is 1.04 bits per heavy atom. The lowest BCUT2D eigenvalue weighted by Gasteiger charge is -2.29. The molecular weight excluding hydrogens is 939 g/mol. The van der Waals surface area contributed by atoms with Crippen LogP contribution in [0, 0.1) is 0 Å². The van der Waals surface area contributed by atoms with Gasteiger partial charge >= 0.3 is 42.6 Å². The number of hydrogen-bond acceptors (Lipinski definition) is 13. The minimum atomic E-state index is -5.09. The summed E-state index contributed by atoms with van der Waals surface area (Å²) >= 11 is 0. The number of nitrogens with one attached hydrogen (secondary N) is 1. The lowest BCUT2D eigenvalue weighted by molar-refractivity contribution is -0.139. The Bertz CT molecular complexity index is 2570. The van der Waals surface area contributed by atoms with Crippen molar-refractivity contribution in [1.29, 1.82) is 0 Å². The van der Waals surface area contributed by atoms with Crippen molar-refractivity contribution in [3.05, 3.63) is 120 Å². The summed E-state index contributed by atoms with van der Waals surface area (Å²) in [5.74, 6) is -4.79. The van der Waals surface area contributed by atoms with Crippen molar-refractivity contribution in [3.63, 3.8) is 0 Å². The summed E-state index contributed by atoms with van der Waals surface area (Å²) in [6.45, 7) is 20.7. The first-order chi connectivity index (χ1) is 32.2. The van der Waals surface area contributed by atoms with Gasteiger partial charge in [-0.2, -0.15) is 31.2 Å². The number of carboxylic acid groups (broad SMARTS) is 1. The number of anilines is 2. The molecule has 2 N–H and O–H groups in total. The Morgan fingerprint density at radius 1 is 0.643 bits per heavy atom. The molecule has 0 bridgehead atoms. The number of amides is 3. The van der Waals surface area contributed by atoms with Crippen LogP contribution in [0.25, 0.3) is 0 Å². The van der Waals surface area contributed by atoms with E-state index in [4.69, 9.17) is 28.4 Å². The summed E-state index contributed by atoms with van der Waals surface area (Å²) in [6.07, 6.45) is -10.3. The van der Waals surface area contributed by atoms with E-state index in [-0.39, 0.29) is 22.8 Å². The van der Waals surface area contributed by atoms with E-state index in [0.29, 0.717) is 29.7 Å². The number of carboxylic acids is 1. The van der Waals surface area contributed by atoms with Crippen LogP contribution in [0.1, 0.15) is 106 Å². The number of ether oxygens (including phenoxy) is 6. The molecule has 0 aliphatic heterocycles. The van der Waals surface area contributed by atoms with Crippen molar-refractivity contribution in [1.82, 2.24) is 9.97 Å². The van der Waals surface area contributed by atoms with Crippen molar-refractivity contribution in [3.8, 4) is 23.3 Å². The highest BCUT2D eigenvalue weighted by atomic mass is 19.4. The zero-order valence-electron chi connectivity index (χ0n) is 39.8. The Morgan fingerprint density at radius 3 is 1.41 bits per heavy atom. The molecule has 4 rings (SSSR count). The largest absolute Gasteiger partial charge is 0.476 e. The van der Waals surface area contributed by atoms with Crippen molar-refractivity contribution in [2.45, 2.75) is 104 Å². The number of carbonyl (C=O) groups excluding carboxylic acids is 4. The van der Waals surface area contributed by atoms with E-state index in [1.54, 1.807) is 51.1 Å². The topological polar surface area (TPSA) is 202 Å². The summed E-state index contributed by atoms with van der Waals surface area (Å²) in [5, 5.41) is 11.4. The number of nitrogens with zero attached hydrogens (tertiary/aromatic N) is 3. The van der Waals surface area contributed by atoms with E-state index >= 15 is 0 Å². The molecule has 0 spiro atoms. The summed E-state index contributed by atoms with van der Waals surface area (Å²) in [5.41, 5.74) is -8.31. The highest BCUT2D eigenvalue weighted by Crippen LogP contribution is 2.43. The third-order valence-corrected chi connectivity index (χ3v) is 8.26. The van der Waals surface area contributed by atoms with Gasteiger partial charge in [0.15, 0.2) is 11.4 Å². The Hall–Kier alpha value is -7.65. The second-order valence-electron chi connectivity index (χ2n) is 17.6. The highest BCUT2D eigenvalue weighted by molar-refractivity contribution is 6.13. The van der Waals surface area contributed by atoms with Crippen LogP contribution in [0.5, 0.6) is 23.3 Å². The molecule has 0 aliphatic carbocycles. The van der Waals surface area contributed by atoms with Crippen LogP contribution >= 0.6 is 0 Å². The number of para-hydroxylation sites is 2. The van der Waals surface area contributed by atoms with Crippen LogP contribution in [0.2, 0.25) is 0 Å². The van der Waals surface area contributed by atoms with Crippen molar-refractivity contribution < 1.29 is 83.8 Å². The van der Waals surface area contributed by atoms with Gasteiger partial charge in [0.1, 0.15) is 39.4 Å². The zero-order valence-corrected chi connectivity index (χ0v) is 39.8. The maximum atomic E-state index is 14.3. The highest BCUT2D eigenvalue weighted by Gasteiger charge is 2.43. The van der Waals surface area contributed by atoms with Crippen molar-refractivity contribution in [2.75, 3.05) is 17.3 Å². The van der Waals surface area contributed by atoms with Gasteiger partial charge in [-0.25, -0.2) is 33.9 Å². The number of methoxy groups -OCH3 is 1. The number of benzene rings is 2. The van der Waals surface area contributed by atoms with Gasteiger partial charge in [-0.15, -0.1) is 13.2 Å². The molecule has 0 aliphatic rings. The molecule has 378 valence electrons. The van der Waals surface area contributed by atoms with Gasteiger partial charge in [0.2, 0.25) is 11.8 Å². The molecule has 70 heavy (non-hydrogen) atoms. The predicted octanol–water partition coefficient (Wildman–Crippen LogP) is 12.8. The predicted molar refractivity (Wildman–Crippen MR) is 242 cm³/mol. The number of hydrogen-bond donors (Lipinski definition) is 2. The van der Waals surface area contributed by atoms with Gasteiger partial charge in [-0.1, -0.05) is 48.6 Å². The molecule has 0 unspecified atom stereocenters. The number of halogens is 6. The van der Waals surface area contributed by atoms with Crippen LogP contribution in [-0.2, 0) is 44.1 Å². The normalized spacial score (nSPS) is 11.7. The van der Waals surface area contributed by atoms with Gasteiger partial charge in [-0.3, -0.25) is 5.32 Å². The number of rotatable bonds is 12. The molecule has 2 aromatic heterocycles. The van der Waals surface area contributed by atoms with E-state index in [9.17, 15) is 55.4 Å². The van der Waals surface area contributed by atoms with Gasteiger partial charge in [0, 0.05) is 0 Å². The summed E-state index contributed by atoms with van der Waals surface area (Å²) in [7, 11) is 0.955. The SMILES string of the molecule is C=CCc1ccccc1Oc1nc(C(=O)O)c(NC(=O)OC(C)(C)C)cc1C(F)(F)F.C=CCc1ccccc1Oc1nc(C(=O)OC)c(N(C(=O)OC(C)(C)C)C(=O)OC(C)(C)C)cc1C(F)(F)F. The molecule has 16 nitrogen and oxygen atoms in total. The Balaban J connectivity index is 0.000000380. The molecule has 0 saturated carbocycles. The molecule has 3 amide bonds. The quantitative estimate of drug-likeness (QED) is 0.0587. The second kappa shape index (κ2) is 22.6. The summed E-state index contributed by atoms with van der Waals surface area (Å²) < 4.78 is 115. The number of allylic oxidation sites excluding steroid dienone is 2. The molecule has 2 aromatic carbocycles. The van der Waals surface area contributed by atoms with Crippen molar-refractivity contribution in [2.24, 2.45) is 0 Å². The monoisotopic (exact) mass is 990 g/mol. The molecule has 22 heteroatoms. The van der Waals surface area contributed by atoms with Crippen LogP contribution in [0.15, 0.2) is 86.0 Å². The first kappa shape index (κ1) is 56.7. The fourth-order valence-corrected chi connectivity index (χ4v) is 5.58. The van der Waals surface area contributed by atoms with Gasteiger partial charge in [0.25, 0.3) is 0 Å². The molecular formula is C48H52F6N4O12. The van der Waals surface area contributed by atoms with E-state index in [1.807, 2.05) is 5.32 Å². The van der Waals surface area contributed by atoms with Crippen LogP contribution in [-0.4, -0.2) is 69.2 Å². The third-order valence-electron chi connectivity index (χ3n) is 8.26. The minimum absolute atomic E-state index is 0.0232. The number of imide groups is 1. The fourth-order valence-electron chi connectivity index (χ4n) is 5.58. The third kappa shape index (κ3) is 16.5. The lowest BCUT2D eigenvalue weighted by Crippen LogP contribution is -2.44. The van der Waals surface area contributed by atoms with Crippen LogP contribution in [0.4, 0.5) is 52.1 Å². The summed E-state index contributed by atoms with van der Waals surface area (Å²) in [6, 6.07) is 13.3. The standard InChI is InChI=1S/C27H31F3N2O7.C21H21F3N2O5/c1-9-12-16-13-10-11-14-19(16)37-21-17(27(28,29)30)15-18(20(31-21)22(33)36-8)32(23(34)38-25(2,3)4)24(35)39-26(5,6)7;1-5-8-12-9-6-7-10-15(12)30-17-13(21(22,23)24)11-14(16(26-17)18(27)28)25-19(29)31-20(2,3)4/h9-11,13-15H,1,12H2,2-8H3;5-7,9-11H,1,8H2,2-4H3,(H,25,29)(H,27,28).